The van der Waals surface area contributed by atoms with Gasteiger partial charge in [0.15, 0.2) is 12.4 Å². The molecule has 0 amide bonds. The van der Waals surface area contributed by atoms with Crippen LogP contribution in [-0.2, 0) is 18.9 Å². The first kappa shape index (κ1) is 25.9. The van der Waals surface area contributed by atoms with E-state index in [0.717, 1.165) is 25.7 Å². The van der Waals surface area contributed by atoms with Gasteiger partial charge in [0, 0.05) is 13.0 Å². The number of benzene rings is 2. The third-order valence-corrected chi connectivity index (χ3v) is 5.81. The lowest BCUT2D eigenvalue weighted by molar-refractivity contribution is -0.272. The Morgan fingerprint density at radius 3 is 2.03 bits per heavy atom. The Labute approximate surface area is 201 Å². The third kappa shape index (κ3) is 7.65. The predicted molar refractivity (Wildman–Crippen MR) is 126 cm³/mol. The van der Waals surface area contributed by atoms with Crippen molar-refractivity contribution in [2.75, 3.05) is 6.61 Å². The zero-order chi connectivity index (χ0) is 24.3. The molecule has 1 saturated heterocycles. The maximum atomic E-state index is 12.8. The highest BCUT2D eigenvalue weighted by Crippen LogP contribution is 2.28. The summed E-state index contributed by atoms with van der Waals surface area (Å²) in [6.07, 6.45) is 0.963. The van der Waals surface area contributed by atoms with Crippen LogP contribution in [0.25, 0.3) is 0 Å². The first-order valence-electron chi connectivity index (χ1n) is 11.9. The van der Waals surface area contributed by atoms with Gasteiger partial charge in [0.1, 0.15) is 6.10 Å². The van der Waals surface area contributed by atoms with E-state index in [1.165, 1.54) is 0 Å². The van der Waals surface area contributed by atoms with Crippen molar-refractivity contribution in [1.29, 1.82) is 0 Å². The number of hydrogen-bond donors (Lipinski definition) is 1. The van der Waals surface area contributed by atoms with Crippen LogP contribution in [0, 0.1) is 0 Å². The molecular formula is C27H34O7. The molecule has 1 heterocycles. The van der Waals surface area contributed by atoms with Gasteiger partial charge in [0.25, 0.3) is 0 Å². The van der Waals surface area contributed by atoms with Crippen LogP contribution in [0.15, 0.2) is 60.7 Å². The van der Waals surface area contributed by atoms with E-state index in [9.17, 15) is 9.59 Å². The van der Waals surface area contributed by atoms with Gasteiger partial charge in [-0.05, 0) is 51.0 Å². The zero-order valence-corrected chi connectivity index (χ0v) is 19.8. The molecule has 1 N–H and O–H groups in total. The van der Waals surface area contributed by atoms with E-state index in [0.29, 0.717) is 11.1 Å². The maximum absolute atomic E-state index is 12.8. The molecule has 0 unspecified atom stereocenters. The molecule has 5 atom stereocenters. The average molecular weight is 471 g/mol. The molecule has 184 valence electrons. The largest absolute Gasteiger partial charge is 0.456 e. The fourth-order valence-electron chi connectivity index (χ4n) is 3.86. The van der Waals surface area contributed by atoms with Crippen molar-refractivity contribution in [1.82, 2.24) is 0 Å². The highest BCUT2D eigenvalue weighted by atomic mass is 16.7. The van der Waals surface area contributed by atoms with Gasteiger partial charge in [-0.2, -0.15) is 0 Å². The number of carbonyl (C=O) groups is 2. The van der Waals surface area contributed by atoms with Crippen molar-refractivity contribution in [3.05, 3.63) is 71.8 Å². The van der Waals surface area contributed by atoms with Crippen molar-refractivity contribution in [2.45, 2.75) is 76.7 Å². The molecule has 7 heteroatoms. The van der Waals surface area contributed by atoms with Gasteiger partial charge in [-0.25, -0.2) is 9.59 Å². The van der Waals surface area contributed by atoms with Crippen molar-refractivity contribution >= 4 is 11.9 Å². The second-order valence-electron chi connectivity index (χ2n) is 8.58. The van der Waals surface area contributed by atoms with Crippen molar-refractivity contribution in [3.63, 3.8) is 0 Å². The van der Waals surface area contributed by atoms with Gasteiger partial charge in [-0.15, -0.1) is 0 Å². The van der Waals surface area contributed by atoms with Gasteiger partial charge in [-0.3, -0.25) is 0 Å². The molecule has 34 heavy (non-hydrogen) atoms. The molecule has 2 aromatic carbocycles. The van der Waals surface area contributed by atoms with E-state index < -0.39 is 36.5 Å². The van der Waals surface area contributed by atoms with Crippen LogP contribution < -0.4 is 0 Å². The normalized spacial score (nSPS) is 23.1. The lowest BCUT2D eigenvalue weighted by atomic mass is 10.0. The Morgan fingerprint density at radius 1 is 0.912 bits per heavy atom. The van der Waals surface area contributed by atoms with E-state index >= 15 is 0 Å². The van der Waals surface area contributed by atoms with Gasteiger partial charge in [0.05, 0.1) is 23.3 Å². The maximum Gasteiger partial charge on any atom is 0.338 e. The SMILES string of the molecule is C[C@H](CCCCCO)O[C@@H]1O[C@@H](C)[C@H](OC(=O)c2ccccc2)C[C@H]1OC(=O)c1ccccc1. The molecular weight excluding hydrogens is 436 g/mol. The van der Waals surface area contributed by atoms with E-state index in [2.05, 4.69) is 0 Å². The molecule has 7 nitrogen and oxygen atoms in total. The molecule has 1 fully saturated rings. The van der Waals surface area contributed by atoms with Gasteiger partial charge < -0.3 is 24.1 Å². The highest BCUT2D eigenvalue weighted by molar-refractivity contribution is 5.90. The molecule has 2 aromatic rings. The molecule has 0 saturated carbocycles. The van der Waals surface area contributed by atoms with Crippen LogP contribution >= 0.6 is 0 Å². The van der Waals surface area contributed by atoms with Gasteiger partial charge in [0.2, 0.25) is 0 Å². The topological polar surface area (TPSA) is 91.3 Å². The zero-order valence-electron chi connectivity index (χ0n) is 19.8. The lowest BCUT2D eigenvalue weighted by Gasteiger charge is -2.39. The van der Waals surface area contributed by atoms with Crippen molar-refractivity contribution in [3.8, 4) is 0 Å². The number of aliphatic hydroxyl groups is 1. The van der Waals surface area contributed by atoms with E-state index in [1.807, 2.05) is 26.0 Å². The van der Waals surface area contributed by atoms with Crippen LogP contribution in [0.4, 0.5) is 0 Å². The minimum Gasteiger partial charge on any atom is -0.456 e. The summed E-state index contributed by atoms with van der Waals surface area (Å²) in [5.74, 6) is -0.938. The number of ether oxygens (including phenoxy) is 4. The Bertz CT molecular complexity index is 886. The number of esters is 2. The van der Waals surface area contributed by atoms with Gasteiger partial charge >= 0.3 is 11.9 Å². The quantitative estimate of drug-likeness (QED) is 0.381. The Balaban J connectivity index is 1.67. The van der Waals surface area contributed by atoms with E-state index in [-0.39, 0.29) is 19.1 Å². The minimum atomic E-state index is -0.776. The van der Waals surface area contributed by atoms with Crippen molar-refractivity contribution in [2.24, 2.45) is 0 Å². The lowest BCUT2D eigenvalue weighted by Crippen LogP contribution is -2.51. The van der Waals surface area contributed by atoms with E-state index in [4.69, 9.17) is 24.1 Å². The monoisotopic (exact) mass is 470 g/mol. The standard InChI is InChI=1S/C27H34O7/c1-19(12-6-5-11-17-28)31-27-24(34-26(30)22-15-9-4-10-16-22)18-23(20(2)32-27)33-25(29)21-13-7-3-8-14-21/h3-4,7-10,13-16,19-20,23-24,27-28H,5-6,11-12,17-18H2,1-2H3/t19-,20+,23-,24-,27-/m1/s1. The number of carbonyl (C=O) groups excluding carboxylic acids is 2. The Hall–Kier alpha value is -2.74. The molecule has 0 aromatic heterocycles. The Kier molecular flexibility index (Phi) is 10.1. The number of aliphatic hydroxyl groups excluding tert-OH is 1. The second kappa shape index (κ2) is 13.2. The van der Waals surface area contributed by atoms with Crippen LogP contribution in [0.3, 0.4) is 0 Å². The molecule has 0 aliphatic carbocycles. The highest BCUT2D eigenvalue weighted by Gasteiger charge is 2.41. The average Bonchev–Trinajstić information content (AvgIpc) is 2.85. The fourth-order valence-corrected chi connectivity index (χ4v) is 3.86. The second-order valence-corrected chi connectivity index (χ2v) is 8.58. The summed E-state index contributed by atoms with van der Waals surface area (Å²) in [6.45, 7) is 3.95. The summed E-state index contributed by atoms with van der Waals surface area (Å²) in [6, 6.07) is 17.5. The molecule has 3 rings (SSSR count). The number of rotatable bonds is 11. The Morgan fingerprint density at radius 2 is 1.47 bits per heavy atom. The fraction of sp³-hybridized carbons (Fsp3) is 0.481. The first-order valence-corrected chi connectivity index (χ1v) is 11.9. The van der Waals surface area contributed by atoms with Crippen LogP contribution in [0.1, 0.15) is 66.7 Å². The summed E-state index contributed by atoms with van der Waals surface area (Å²) < 4.78 is 23.7. The summed E-state index contributed by atoms with van der Waals surface area (Å²) in [4.78, 5) is 25.4. The van der Waals surface area contributed by atoms with Crippen molar-refractivity contribution < 1.29 is 33.6 Å². The van der Waals surface area contributed by atoms with Crippen LogP contribution in [0.5, 0.6) is 0 Å². The predicted octanol–water partition coefficient (Wildman–Crippen LogP) is 4.53. The van der Waals surface area contributed by atoms with Gasteiger partial charge in [-0.1, -0.05) is 49.2 Å². The summed E-state index contributed by atoms with van der Waals surface area (Å²) in [5.41, 5.74) is 0.872. The first-order chi connectivity index (χ1) is 16.5. The minimum absolute atomic E-state index is 0.128. The molecule has 0 spiro atoms. The third-order valence-electron chi connectivity index (χ3n) is 5.81. The summed E-state index contributed by atoms with van der Waals surface area (Å²) >= 11 is 0. The molecule has 0 radical (unpaired) electrons. The summed E-state index contributed by atoms with van der Waals surface area (Å²) in [7, 11) is 0. The molecule has 1 aliphatic heterocycles. The molecule has 1 aliphatic rings. The number of unbranched alkanes of at least 4 members (excludes halogenated alkanes) is 2. The molecule has 0 bridgehead atoms. The number of hydrogen-bond acceptors (Lipinski definition) is 7. The smallest absolute Gasteiger partial charge is 0.338 e. The van der Waals surface area contributed by atoms with E-state index in [1.54, 1.807) is 48.5 Å². The van der Waals surface area contributed by atoms with Crippen LogP contribution in [-0.4, -0.2) is 54.4 Å². The van der Waals surface area contributed by atoms with Crippen LogP contribution in [0.2, 0.25) is 0 Å². The summed E-state index contributed by atoms with van der Waals surface area (Å²) in [5, 5.41) is 8.96.